The number of benzene rings is 1. The van der Waals surface area contributed by atoms with Crippen LogP contribution in [0.3, 0.4) is 0 Å². The van der Waals surface area contributed by atoms with E-state index in [1.807, 2.05) is 14.0 Å². The molecule has 1 rings (SSSR count). The van der Waals surface area contributed by atoms with Crippen molar-refractivity contribution in [1.82, 2.24) is 4.90 Å². The molecule has 0 saturated heterocycles. The first-order chi connectivity index (χ1) is 8.52. The van der Waals surface area contributed by atoms with Gasteiger partial charge in [0.1, 0.15) is 11.6 Å². The van der Waals surface area contributed by atoms with Crippen LogP contribution in [-0.2, 0) is 6.42 Å². The first kappa shape index (κ1) is 14.9. The molecule has 0 aromatic heterocycles. The van der Waals surface area contributed by atoms with Gasteiger partial charge in [-0.15, -0.1) is 0 Å². The Balaban J connectivity index is 2.49. The molecule has 0 radical (unpaired) electrons. The number of hydrogen-bond donors (Lipinski definition) is 1. The van der Waals surface area contributed by atoms with Gasteiger partial charge in [0.15, 0.2) is 0 Å². The molecule has 0 aliphatic carbocycles. The molecule has 0 amide bonds. The van der Waals surface area contributed by atoms with Crippen LogP contribution in [0.5, 0.6) is 5.75 Å². The second-order valence-corrected chi connectivity index (χ2v) is 4.78. The predicted octanol–water partition coefficient (Wildman–Crippen LogP) is 2.05. The number of nitrogens with zero attached hydrogens (tertiary/aromatic N) is 1. The van der Waals surface area contributed by atoms with E-state index in [1.54, 1.807) is 13.2 Å². The Kier molecular flexibility index (Phi) is 6.09. The van der Waals surface area contributed by atoms with Crippen LogP contribution in [0.25, 0.3) is 0 Å². The lowest BCUT2D eigenvalue weighted by Crippen LogP contribution is -2.27. The van der Waals surface area contributed by atoms with E-state index >= 15 is 0 Å². The minimum atomic E-state index is -0.218. The number of hydrogen-bond acceptors (Lipinski definition) is 3. The average molecular weight is 254 g/mol. The van der Waals surface area contributed by atoms with E-state index in [9.17, 15) is 4.39 Å². The van der Waals surface area contributed by atoms with Crippen LogP contribution in [0.15, 0.2) is 18.2 Å². The van der Waals surface area contributed by atoms with Crippen molar-refractivity contribution in [3.05, 3.63) is 29.6 Å². The molecule has 0 spiro atoms. The van der Waals surface area contributed by atoms with Crippen LogP contribution in [-0.4, -0.2) is 38.2 Å². The molecule has 1 atom stereocenters. The zero-order chi connectivity index (χ0) is 13.5. The molecule has 3 nitrogen and oxygen atoms in total. The van der Waals surface area contributed by atoms with Crippen LogP contribution < -0.4 is 10.5 Å². The molecule has 0 heterocycles. The second kappa shape index (κ2) is 7.34. The monoisotopic (exact) mass is 254 g/mol. The highest BCUT2D eigenvalue weighted by Gasteiger charge is 2.07. The first-order valence-corrected chi connectivity index (χ1v) is 6.29. The van der Waals surface area contributed by atoms with Crippen molar-refractivity contribution in [2.45, 2.75) is 25.8 Å². The molecule has 1 aromatic rings. The SMILES string of the molecule is COc1ccc(F)cc1CCN(C)CCC(C)N. The largest absolute Gasteiger partial charge is 0.496 e. The van der Waals surface area contributed by atoms with Gasteiger partial charge in [-0.1, -0.05) is 0 Å². The quantitative estimate of drug-likeness (QED) is 0.809. The number of methoxy groups -OCH3 is 1. The Bertz CT molecular complexity index is 369. The maximum absolute atomic E-state index is 13.2. The van der Waals surface area contributed by atoms with Crippen molar-refractivity contribution >= 4 is 0 Å². The van der Waals surface area contributed by atoms with Gasteiger partial charge in [-0.05, 0) is 57.1 Å². The van der Waals surface area contributed by atoms with E-state index in [4.69, 9.17) is 10.5 Å². The van der Waals surface area contributed by atoms with E-state index in [0.717, 1.165) is 37.2 Å². The van der Waals surface area contributed by atoms with Gasteiger partial charge >= 0.3 is 0 Å². The average Bonchev–Trinajstić information content (AvgIpc) is 2.34. The summed E-state index contributed by atoms with van der Waals surface area (Å²) < 4.78 is 18.4. The highest BCUT2D eigenvalue weighted by Crippen LogP contribution is 2.19. The number of ether oxygens (including phenoxy) is 1. The maximum atomic E-state index is 13.2. The molecule has 2 N–H and O–H groups in total. The molecule has 4 heteroatoms. The van der Waals surface area contributed by atoms with Crippen LogP contribution >= 0.6 is 0 Å². The number of nitrogens with two attached hydrogens (primary N) is 1. The van der Waals surface area contributed by atoms with Crippen molar-refractivity contribution in [2.75, 3.05) is 27.2 Å². The third kappa shape index (κ3) is 5.02. The van der Waals surface area contributed by atoms with Crippen molar-refractivity contribution in [2.24, 2.45) is 5.73 Å². The molecule has 0 aliphatic heterocycles. The summed E-state index contributed by atoms with van der Waals surface area (Å²) in [6.07, 6.45) is 1.74. The van der Waals surface area contributed by atoms with Gasteiger partial charge in [0.2, 0.25) is 0 Å². The standard InChI is InChI=1S/C14H23FN2O/c1-11(16)6-8-17(2)9-7-12-10-13(15)4-5-14(12)18-3/h4-5,10-11H,6-9,16H2,1-3H3. The van der Waals surface area contributed by atoms with Gasteiger partial charge < -0.3 is 15.4 Å². The highest BCUT2D eigenvalue weighted by molar-refractivity contribution is 5.34. The maximum Gasteiger partial charge on any atom is 0.123 e. The van der Waals surface area contributed by atoms with Crippen LogP contribution in [0.2, 0.25) is 0 Å². The third-order valence-electron chi connectivity index (χ3n) is 2.97. The van der Waals surface area contributed by atoms with E-state index < -0.39 is 0 Å². The van der Waals surface area contributed by atoms with Crippen LogP contribution in [0.4, 0.5) is 4.39 Å². The molecule has 0 saturated carbocycles. The van der Waals surface area contributed by atoms with E-state index in [-0.39, 0.29) is 11.9 Å². The zero-order valence-electron chi connectivity index (χ0n) is 11.4. The molecule has 0 aliphatic rings. The summed E-state index contributed by atoms with van der Waals surface area (Å²) in [4.78, 5) is 2.20. The number of likely N-dealkylation sites (N-methyl/N-ethyl adjacent to an activating group) is 1. The van der Waals surface area contributed by atoms with Gasteiger partial charge in [0.05, 0.1) is 7.11 Å². The summed E-state index contributed by atoms with van der Waals surface area (Å²) in [5, 5.41) is 0. The molecule has 102 valence electrons. The highest BCUT2D eigenvalue weighted by atomic mass is 19.1. The minimum absolute atomic E-state index is 0.218. The molecule has 0 fully saturated rings. The molecule has 1 unspecified atom stereocenters. The Morgan fingerprint density at radius 1 is 1.39 bits per heavy atom. The smallest absolute Gasteiger partial charge is 0.123 e. The van der Waals surface area contributed by atoms with E-state index in [1.165, 1.54) is 12.1 Å². The predicted molar refractivity (Wildman–Crippen MR) is 72.4 cm³/mol. The van der Waals surface area contributed by atoms with Gasteiger partial charge in [-0.3, -0.25) is 0 Å². The van der Waals surface area contributed by atoms with Crippen molar-refractivity contribution in [3.8, 4) is 5.75 Å². The Morgan fingerprint density at radius 2 is 2.11 bits per heavy atom. The molecule has 0 bridgehead atoms. The lowest BCUT2D eigenvalue weighted by atomic mass is 10.1. The summed E-state index contributed by atoms with van der Waals surface area (Å²) >= 11 is 0. The lowest BCUT2D eigenvalue weighted by molar-refractivity contribution is 0.321. The Hall–Kier alpha value is -1.13. The topological polar surface area (TPSA) is 38.5 Å². The fraction of sp³-hybridized carbons (Fsp3) is 0.571. The van der Waals surface area contributed by atoms with Gasteiger partial charge in [0.25, 0.3) is 0 Å². The summed E-state index contributed by atoms with van der Waals surface area (Å²) in [6.45, 7) is 3.82. The molecular weight excluding hydrogens is 231 g/mol. The van der Waals surface area contributed by atoms with Crippen molar-refractivity contribution in [3.63, 3.8) is 0 Å². The normalized spacial score (nSPS) is 12.8. The summed E-state index contributed by atoms with van der Waals surface area (Å²) in [5.41, 5.74) is 6.62. The zero-order valence-corrected chi connectivity index (χ0v) is 11.4. The second-order valence-electron chi connectivity index (χ2n) is 4.78. The summed E-state index contributed by atoms with van der Waals surface area (Å²) in [6, 6.07) is 4.85. The number of rotatable bonds is 7. The van der Waals surface area contributed by atoms with Gasteiger partial charge in [-0.25, -0.2) is 4.39 Å². The van der Waals surface area contributed by atoms with Gasteiger partial charge in [-0.2, -0.15) is 0 Å². The Labute approximate surface area is 109 Å². The molecule has 1 aromatic carbocycles. The van der Waals surface area contributed by atoms with Crippen molar-refractivity contribution in [1.29, 1.82) is 0 Å². The van der Waals surface area contributed by atoms with Crippen molar-refractivity contribution < 1.29 is 9.13 Å². The van der Waals surface area contributed by atoms with Crippen LogP contribution in [0.1, 0.15) is 18.9 Å². The minimum Gasteiger partial charge on any atom is -0.496 e. The fourth-order valence-electron chi connectivity index (χ4n) is 1.79. The lowest BCUT2D eigenvalue weighted by Gasteiger charge is -2.18. The first-order valence-electron chi connectivity index (χ1n) is 6.29. The van der Waals surface area contributed by atoms with Gasteiger partial charge in [0, 0.05) is 12.6 Å². The van der Waals surface area contributed by atoms with E-state index in [2.05, 4.69) is 4.90 Å². The van der Waals surface area contributed by atoms with Crippen LogP contribution in [0, 0.1) is 5.82 Å². The fourth-order valence-corrected chi connectivity index (χ4v) is 1.79. The molecular formula is C14H23FN2O. The number of halogens is 1. The summed E-state index contributed by atoms with van der Waals surface area (Å²) in [7, 11) is 3.66. The van der Waals surface area contributed by atoms with E-state index in [0.29, 0.717) is 0 Å². The summed E-state index contributed by atoms with van der Waals surface area (Å²) in [5.74, 6) is 0.529. The molecule has 18 heavy (non-hydrogen) atoms. The Morgan fingerprint density at radius 3 is 2.72 bits per heavy atom. The third-order valence-corrected chi connectivity index (χ3v) is 2.97.